The zero-order valence-electron chi connectivity index (χ0n) is 17.8. The fourth-order valence-electron chi connectivity index (χ4n) is 3.84. The highest BCUT2D eigenvalue weighted by Crippen LogP contribution is 2.37. The largest absolute Gasteiger partial charge is 0.388 e. The number of aliphatic hydroxyl groups is 3. The number of terminal acetylenes is 1. The van der Waals surface area contributed by atoms with Gasteiger partial charge < -0.3 is 24.8 Å². The van der Waals surface area contributed by atoms with Gasteiger partial charge in [0.05, 0.1) is 12.7 Å². The molecular formula is C25H29ClO5. The predicted octanol–water partition coefficient (Wildman–Crippen LogP) is 3.19. The molecule has 31 heavy (non-hydrogen) atoms. The average molecular weight is 445 g/mol. The maximum Gasteiger partial charge on any atom is 0.113 e. The van der Waals surface area contributed by atoms with Crippen LogP contribution in [0.25, 0.3) is 0 Å². The van der Waals surface area contributed by atoms with Crippen LogP contribution in [0.2, 0.25) is 5.02 Å². The van der Waals surface area contributed by atoms with E-state index in [2.05, 4.69) is 37.1 Å². The molecule has 0 aromatic heterocycles. The van der Waals surface area contributed by atoms with Gasteiger partial charge in [0.2, 0.25) is 0 Å². The van der Waals surface area contributed by atoms with E-state index in [0.717, 1.165) is 17.5 Å². The van der Waals surface area contributed by atoms with Crippen LogP contribution in [-0.2, 0) is 28.9 Å². The van der Waals surface area contributed by atoms with Gasteiger partial charge in [0, 0.05) is 5.02 Å². The van der Waals surface area contributed by atoms with E-state index < -0.39 is 30.5 Å². The lowest BCUT2D eigenvalue weighted by molar-refractivity contribution is -0.219. The van der Waals surface area contributed by atoms with Crippen molar-refractivity contribution in [2.24, 2.45) is 0 Å². The fraction of sp³-hybridized carbons (Fsp3) is 0.440. The molecule has 0 radical (unpaired) electrons. The minimum Gasteiger partial charge on any atom is -0.388 e. The van der Waals surface area contributed by atoms with Gasteiger partial charge in [-0.15, -0.1) is 6.42 Å². The van der Waals surface area contributed by atoms with Crippen LogP contribution >= 0.6 is 11.6 Å². The van der Waals surface area contributed by atoms with E-state index in [4.69, 9.17) is 27.5 Å². The standard InChI is InChI=1S/C25H29ClO5/c1-4-10-30-14-19-13-21(26)18(11-17-8-6-16(5-2)7-9-17)12-20(19)25-24(29)23(28)22(27)15(3)31-25/h1,6-9,12-13,15,22-25,27-29H,5,10-11,14H2,2-3H3/t15-,22+,23-,24-,25-/m1/s1. The van der Waals surface area contributed by atoms with Gasteiger partial charge in [-0.1, -0.05) is 54.8 Å². The van der Waals surface area contributed by atoms with Crippen LogP contribution < -0.4 is 0 Å². The first-order valence-electron chi connectivity index (χ1n) is 10.5. The monoisotopic (exact) mass is 444 g/mol. The van der Waals surface area contributed by atoms with Gasteiger partial charge in [0.15, 0.2) is 0 Å². The first-order chi connectivity index (χ1) is 14.8. The van der Waals surface area contributed by atoms with Crippen molar-refractivity contribution < 1.29 is 24.8 Å². The normalized spacial score (nSPS) is 25.9. The molecule has 166 valence electrons. The number of benzene rings is 2. The van der Waals surface area contributed by atoms with Gasteiger partial charge in [0.25, 0.3) is 0 Å². The number of aliphatic hydroxyl groups excluding tert-OH is 3. The van der Waals surface area contributed by atoms with Gasteiger partial charge >= 0.3 is 0 Å². The van der Waals surface area contributed by atoms with Crippen molar-refractivity contribution in [3.05, 3.63) is 69.2 Å². The van der Waals surface area contributed by atoms with Crippen molar-refractivity contribution in [1.29, 1.82) is 0 Å². The summed E-state index contributed by atoms with van der Waals surface area (Å²) in [7, 11) is 0. The molecule has 0 amide bonds. The summed E-state index contributed by atoms with van der Waals surface area (Å²) < 4.78 is 11.4. The maximum absolute atomic E-state index is 10.6. The first kappa shape index (κ1) is 23.7. The molecule has 0 saturated carbocycles. The predicted molar refractivity (Wildman–Crippen MR) is 120 cm³/mol. The Morgan fingerprint density at radius 2 is 1.71 bits per heavy atom. The number of hydrogen-bond acceptors (Lipinski definition) is 5. The van der Waals surface area contributed by atoms with E-state index in [-0.39, 0.29) is 13.2 Å². The van der Waals surface area contributed by atoms with E-state index in [9.17, 15) is 15.3 Å². The Labute approximate surface area is 188 Å². The van der Waals surface area contributed by atoms with Gasteiger partial charge in [-0.25, -0.2) is 0 Å². The molecule has 3 N–H and O–H groups in total. The number of hydrogen-bond donors (Lipinski definition) is 3. The van der Waals surface area contributed by atoms with Gasteiger partial charge in [-0.05, 0) is 53.6 Å². The van der Waals surface area contributed by atoms with Crippen molar-refractivity contribution in [1.82, 2.24) is 0 Å². The van der Waals surface area contributed by atoms with Gasteiger partial charge in [-0.2, -0.15) is 0 Å². The summed E-state index contributed by atoms with van der Waals surface area (Å²) in [6.07, 6.45) is 1.58. The van der Waals surface area contributed by atoms with E-state index in [1.165, 1.54) is 5.56 Å². The molecule has 1 aliphatic heterocycles. The van der Waals surface area contributed by atoms with Crippen molar-refractivity contribution in [2.45, 2.75) is 63.8 Å². The van der Waals surface area contributed by atoms with E-state index >= 15 is 0 Å². The average Bonchev–Trinajstić information content (AvgIpc) is 2.77. The lowest BCUT2D eigenvalue weighted by Gasteiger charge is -2.40. The second-order valence-corrected chi connectivity index (χ2v) is 8.33. The summed E-state index contributed by atoms with van der Waals surface area (Å²) in [6.45, 7) is 4.09. The molecular weight excluding hydrogens is 416 g/mol. The Morgan fingerprint density at radius 3 is 2.35 bits per heavy atom. The third kappa shape index (κ3) is 5.48. The molecule has 2 aromatic carbocycles. The molecule has 5 nitrogen and oxygen atoms in total. The molecule has 1 heterocycles. The summed E-state index contributed by atoms with van der Waals surface area (Å²) >= 11 is 6.59. The highest BCUT2D eigenvalue weighted by Gasteiger charge is 2.43. The Hall–Kier alpha value is -1.91. The summed E-state index contributed by atoms with van der Waals surface area (Å²) in [6, 6.07) is 12.0. The lowest BCUT2D eigenvalue weighted by Crippen LogP contribution is -2.53. The highest BCUT2D eigenvalue weighted by molar-refractivity contribution is 6.31. The van der Waals surface area contributed by atoms with Crippen LogP contribution in [0.5, 0.6) is 0 Å². The lowest BCUT2D eigenvalue weighted by atomic mass is 9.88. The van der Waals surface area contributed by atoms with Crippen molar-refractivity contribution in [2.75, 3.05) is 6.61 Å². The third-order valence-corrected chi connectivity index (χ3v) is 6.09. The Morgan fingerprint density at radius 1 is 1.03 bits per heavy atom. The second-order valence-electron chi connectivity index (χ2n) is 7.92. The SMILES string of the molecule is C#CCOCc1cc(Cl)c(Cc2ccc(CC)cc2)cc1[C@H]1O[C@H](C)[C@H](O)[C@@H](O)[C@H]1O. The Kier molecular flexibility index (Phi) is 8.12. The third-order valence-electron chi connectivity index (χ3n) is 5.74. The molecule has 0 unspecified atom stereocenters. The first-order valence-corrected chi connectivity index (χ1v) is 10.8. The second kappa shape index (κ2) is 10.6. The van der Waals surface area contributed by atoms with E-state index in [1.807, 2.05) is 6.07 Å². The molecule has 1 fully saturated rings. The summed E-state index contributed by atoms with van der Waals surface area (Å²) in [5.74, 6) is 2.42. The van der Waals surface area contributed by atoms with Crippen LogP contribution in [0.1, 0.15) is 47.8 Å². The molecule has 5 atom stereocenters. The van der Waals surface area contributed by atoms with Crippen LogP contribution in [-0.4, -0.2) is 46.3 Å². The molecule has 2 aromatic rings. The van der Waals surface area contributed by atoms with Crippen LogP contribution in [0.15, 0.2) is 36.4 Å². The van der Waals surface area contributed by atoms with Crippen LogP contribution in [0, 0.1) is 12.3 Å². The van der Waals surface area contributed by atoms with E-state index in [1.54, 1.807) is 13.0 Å². The molecule has 1 aliphatic rings. The van der Waals surface area contributed by atoms with Crippen molar-refractivity contribution in [3.63, 3.8) is 0 Å². The minimum absolute atomic E-state index is 0.133. The molecule has 0 aliphatic carbocycles. The maximum atomic E-state index is 10.6. The molecule has 1 saturated heterocycles. The molecule has 0 bridgehead atoms. The number of halogens is 1. The number of rotatable bonds is 7. The zero-order chi connectivity index (χ0) is 22.5. The number of aryl methyl sites for hydroxylation is 1. The zero-order valence-corrected chi connectivity index (χ0v) is 18.5. The Bertz CT molecular complexity index is 921. The van der Waals surface area contributed by atoms with Gasteiger partial charge in [0.1, 0.15) is 31.0 Å². The van der Waals surface area contributed by atoms with Crippen molar-refractivity contribution in [3.8, 4) is 12.3 Å². The smallest absolute Gasteiger partial charge is 0.113 e. The molecule has 6 heteroatoms. The van der Waals surface area contributed by atoms with Crippen molar-refractivity contribution >= 4 is 11.6 Å². The molecule has 3 rings (SSSR count). The fourth-order valence-corrected chi connectivity index (χ4v) is 4.10. The van der Waals surface area contributed by atoms with Gasteiger partial charge in [-0.3, -0.25) is 0 Å². The highest BCUT2D eigenvalue weighted by atomic mass is 35.5. The molecule has 0 spiro atoms. The topological polar surface area (TPSA) is 79.2 Å². The van der Waals surface area contributed by atoms with Crippen LogP contribution in [0.4, 0.5) is 0 Å². The van der Waals surface area contributed by atoms with Crippen LogP contribution in [0.3, 0.4) is 0 Å². The quantitative estimate of drug-likeness (QED) is 0.451. The summed E-state index contributed by atoms with van der Waals surface area (Å²) in [5.41, 5.74) is 4.61. The summed E-state index contributed by atoms with van der Waals surface area (Å²) in [4.78, 5) is 0. The summed E-state index contributed by atoms with van der Waals surface area (Å²) in [5, 5.41) is 31.6. The number of ether oxygens (including phenoxy) is 2. The van der Waals surface area contributed by atoms with E-state index in [0.29, 0.717) is 22.6 Å². The Balaban J connectivity index is 1.97. The minimum atomic E-state index is -1.33.